The molecule has 2 saturated heterocycles. The largest absolute Gasteiger partial charge is 0.452 e. The zero-order valence-electron chi connectivity index (χ0n) is 37.0. The molecule has 0 radical (unpaired) electrons. The van der Waals surface area contributed by atoms with E-state index in [1.807, 2.05) is 126 Å². The minimum absolute atomic E-state index is 0.0595. The lowest BCUT2D eigenvalue weighted by Gasteiger charge is -2.38. The van der Waals surface area contributed by atoms with Crippen LogP contribution >= 0.6 is 0 Å². The van der Waals surface area contributed by atoms with Gasteiger partial charge in [-0.1, -0.05) is 48.5 Å². The summed E-state index contributed by atoms with van der Waals surface area (Å²) < 4.78 is 18.6. The molecule has 0 N–H and O–H groups in total. The lowest BCUT2D eigenvalue weighted by atomic mass is 9.93. The van der Waals surface area contributed by atoms with Crippen LogP contribution in [0.1, 0.15) is 37.5 Å². The summed E-state index contributed by atoms with van der Waals surface area (Å²) in [6.45, 7) is 16.5. The van der Waals surface area contributed by atoms with Crippen LogP contribution in [0, 0.1) is 20.8 Å². The number of piperazine rings is 2. The Bertz CT molecular complexity index is 3140. The number of amides is 1. The van der Waals surface area contributed by atoms with Gasteiger partial charge in [0, 0.05) is 74.9 Å². The summed E-state index contributed by atoms with van der Waals surface area (Å²) in [7, 11) is 0. The number of carbonyl (C=O) groups excluding carboxylic acids is 1. The Labute approximate surface area is 371 Å². The van der Waals surface area contributed by atoms with E-state index in [0.29, 0.717) is 109 Å². The number of hydrogen-bond acceptors (Lipinski definition) is 11. The number of benzene rings is 6. The van der Waals surface area contributed by atoms with Gasteiger partial charge in [-0.25, -0.2) is 14.8 Å². The molecule has 4 aromatic rings. The number of para-hydroxylation sites is 4. The van der Waals surface area contributed by atoms with Gasteiger partial charge in [-0.2, -0.15) is 0 Å². The van der Waals surface area contributed by atoms with Crippen molar-refractivity contribution in [3.05, 3.63) is 134 Å². The fraction of sp³-hybridized carbons (Fsp3) is 0.288. The van der Waals surface area contributed by atoms with Crippen molar-refractivity contribution in [2.75, 3.05) is 67.1 Å². The summed E-state index contributed by atoms with van der Waals surface area (Å²) in [5.74, 6) is 0.962. The summed E-state index contributed by atoms with van der Waals surface area (Å²) in [4.78, 5) is 59.7. The van der Waals surface area contributed by atoms with Gasteiger partial charge >= 0.3 is 6.09 Å². The summed E-state index contributed by atoms with van der Waals surface area (Å²) in [5, 5.41) is 0. The summed E-state index contributed by atoms with van der Waals surface area (Å²) in [6.07, 6.45) is -0.291. The first-order valence-electron chi connectivity index (χ1n) is 22.0. The molecule has 0 saturated carbocycles. The summed E-state index contributed by atoms with van der Waals surface area (Å²) >= 11 is 0. The average Bonchev–Trinajstić information content (AvgIpc) is 3.30. The maximum Gasteiger partial charge on any atom is 0.410 e. The molecule has 2 fully saturated rings. The molecule has 6 aliphatic rings. The van der Waals surface area contributed by atoms with Crippen LogP contribution in [0.5, 0.6) is 0 Å². The number of fused-ring (bicyclic) bond motifs is 4. The highest BCUT2D eigenvalue weighted by molar-refractivity contribution is 5.92. The molecular weight excluding hydrogens is 805 g/mol. The van der Waals surface area contributed by atoms with E-state index in [1.165, 1.54) is 0 Å². The molecule has 10 rings (SSSR count). The second kappa shape index (κ2) is 15.9. The lowest BCUT2D eigenvalue weighted by Crippen LogP contribution is -2.50. The first kappa shape index (κ1) is 40.8. The van der Waals surface area contributed by atoms with Gasteiger partial charge in [0.2, 0.25) is 0 Å². The predicted octanol–water partition coefficient (Wildman–Crippen LogP) is 9.54. The SMILES string of the molecule is Cc1c2nc3ccccc3oc-2c(-c2ccc(N3CCN(c4c5nc6ccccc6oc-5c(-c5ccc(N6CCN(C(=O)OC(C)(C)C)CC6)cc5)c(=O)c4C)CC3)cc2)c(=O)c1C. The van der Waals surface area contributed by atoms with E-state index in [4.69, 9.17) is 23.5 Å². The maximum absolute atomic E-state index is 14.6. The summed E-state index contributed by atoms with van der Waals surface area (Å²) in [6, 6.07) is 31.4. The standard InChI is InChI=1S/C52H50N6O6/c1-31-32(2)47(59)42(49-44(31)53-38-11-7-9-13-40(38)62-49)34-15-19-36(20-16-34)55-23-27-57(28-24-55)46-33(3)48(60)43(50-45(46)54-39-12-8-10-14-41(39)63-50)35-17-21-37(22-18-35)56-25-29-58(30-26-56)51(61)64-52(4,5)6/h7-22H,23-30H2,1-6H3. The normalized spacial score (nSPS) is 14.9. The van der Waals surface area contributed by atoms with E-state index in [-0.39, 0.29) is 17.0 Å². The number of ether oxygens (including phenoxy) is 1. The molecule has 4 aromatic carbocycles. The van der Waals surface area contributed by atoms with Crippen LogP contribution in [0.3, 0.4) is 0 Å². The Kier molecular flexibility index (Phi) is 10.1. The first-order valence-corrected chi connectivity index (χ1v) is 22.0. The fourth-order valence-electron chi connectivity index (χ4n) is 9.15. The number of nitrogens with zero attached hydrogens (tertiary/aromatic N) is 6. The number of rotatable bonds is 5. The number of aromatic nitrogens is 2. The predicted molar refractivity (Wildman–Crippen MR) is 253 cm³/mol. The van der Waals surface area contributed by atoms with Gasteiger partial charge in [-0.15, -0.1) is 0 Å². The van der Waals surface area contributed by atoms with Crippen LogP contribution in [0.15, 0.2) is 115 Å². The number of hydrogen-bond donors (Lipinski definition) is 0. The van der Waals surface area contributed by atoms with Crippen molar-refractivity contribution in [2.45, 2.75) is 47.1 Å². The molecule has 2 aliphatic carbocycles. The molecule has 324 valence electrons. The molecule has 64 heavy (non-hydrogen) atoms. The van der Waals surface area contributed by atoms with E-state index >= 15 is 0 Å². The third-order valence-corrected chi connectivity index (χ3v) is 12.7. The molecule has 12 nitrogen and oxygen atoms in total. The van der Waals surface area contributed by atoms with Gasteiger partial charge in [-0.3, -0.25) is 9.59 Å². The van der Waals surface area contributed by atoms with Gasteiger partial charge in [0.25, 0.3) is 0 Å². The molecule has 0 unspecified atom stereocenters. The van der Waals surface area contributed by atoms with Crippen molar-refractivity contribution >= 4 is 45.4 Å². The van der Waals surface area contributed by atoms with E-state index in [9.17, 15) is 14.4 Å². The van der Waals surface area contributed by atoms with Crippen molar-refractivity contribution in [3.8, 4) is 45.2 Å². The van der Waals surface area contributed by atoms with Crippen molar-refractivity contribution < 1.29 is 18.4 Å². The Morgan fingerprint density at radius 1 is 0.547 bits per heavy atom. The molecule has 4 aliphatic heterocycles. The number of carbonyl (C=O) groups is 1. The zero-order valence-corrected chi connectivity index (χ0v) is 37.0. The highest BCUT2D eigenvalue weighted by Gasteiger charge is 2.32. The van der Waals surface area contributed by atoms with Gasteiger partial charge in [0.05, 0.1) is 16.8 Å². The Morgan fingerprint density at radius 2 is 0.984 bits per heavy atom. The molecule has 0 aromatic heterocycles. The average molecular weight is 855 g/mol. The maximum atomic E-state index is 14.6. The smallest absolute Gasteiger partial charge is 0.410 e. The van der Waals surface area contributed by atoms with Crippen molar-refractivity contribution in [3.63, 3.8) is 0 Å². The van der Waals surface area contributed by atoms with E-state index in [0.717, 1.165) is 44.8 Å². The van der Waals surface area contributed by atoms with Crippen LogP contribution in [0.4, 0.5) is 21.9 Å². The Morgan fingerprint density at radius 3 is 1.50 bits per heavy atom. The minimum atomic E-state index is -0.541. The van der Waals surface area contributed by atoms with Crippen LogP contribution in [-0.4, -0.2) is 78.9 Å². The number of anilines is 3. The van der Waals surface area contributed by atoms with E-state index in [2.05, 4.69) is 26.8 Å². The molecule has 0 atom stereocenters. The van der Waals surface area contributed by atoms with Gasteiger partial charge in [0.15, 0.2) is 33.5 Å². The van der Waals surface area contributed by atoms with Crippen LogP contribution in [-0.2, 0) is 4.74 Å². The molecule has 4 heterocycles. The molecular formula is C52H50N6O6. The zero-order chi connectivity index (χ0) is 44.4. The topological polar surface area (TPSA) is 125 Å². The minimum Gasteiger partial charge on any atom is -0.452 e. The summed E-state index contributed by atoms with van der Waals surface area (Å²) in [5.41, 5.74) is 10.9. The molecule has 12 heteroatoms. The quantitative estimate of drug-likeness (QED) is 0.154. The molecule has 1 amide bonds. The van der Waals surface area contributed by atoms with Crippen molar-refractivity contribution in [1.29, 1.82) is 0 Å². The Hall–Kier alpha value is -7.21. The van der Waals surface area contributed by atoms with Crippen LogP contribution < -0.4 is 25.6 Å². The van der Waals surface area contributed by atoms with Gasteiger partial charge in [-0.05, 0) is 107 Å². The van der Waals surface area contributed by atoms with Gasteiger partial charge < -0.3 is 33.2 Å². The highest BCUT2D eigenvalue weighted by Crippen LogP contribution is 2.42. The van der Waals surface area contributed by atoms with Crippen LogP contribution in [0.25, 0.3) is 67.4 Å². The van der Waals surface area contributed by atoms with E-state index < -0.39 is 5.60 Å². The van der Waals surface area contributed by atoms with Crippen LogP contribution in [0.2, 0.25) is 0 Å². The molecule has 0 spiro atoms. The lowest BCUT2D eigenvalue weighted by molar-refractivity contribution is 0.0240. The Balaban J connectivity index is 0.913. The second-order valence-corrected chi connectivity index (χ2v) is 17.9. The third kappa shape index (κ3) is 7.26. The molecule has 0 bridgehead atoms. The van der Waals surface area contributed by atoms with Gasteiger partial charge in [0.1, 0.15) is 28.0 Å². The van der Waals surface area contributed by atoms with Crippen molar-refractivity contribution in [2.24, 2.45) is 0 Å². The second-order valence-electron chi connectivity index (χ2n) is 17.9. The van der Waals surface area contributed by atoms with E-state index in [1.54, 1.807) is 4.90 Å². The fourth-order valence-corrected chi connectivity index (χ4v) is 9.15. The first-order chi connectivity index (χ1) is 30.8. The van der Waals surface area contributed by atoms with Crippen molar-refractivity contribution in [1.82, 2.24) is 14.9 Å². The monoisotopic (exact) mass is 854 g/mol. The third-order valence-electron chi connectivity index (χ3n) is 12.7. The highest BCUT2D eigenvalue weighted by atomic mass is 16.6.